The van der Waals surface area contributed by atoms with Crippen LogP contribution in [0.25, 0.3) is 64.4 Å². The van der Waals surface area contributed by atoms with Crippen molar-refractivity contribution in [3.8, 4) is 22.3 Å². The van der Waals surface area contributed by atoms with Crippen molar-refractivity contribution in [3.63, 3.8) is 0 Å². The van der Waals surface area contributed by atoms with Crippen molar-refractivity contribution in [2.45, 2.75) is 0 Å². The van der Waals surface area contributed by atoms with E-state index < -0.39 is 0 Å². The Morgan fingerprint density at radius 3 is 1.76 bits per heavy atom. The van der Waals surface area contributed by atoms with Gasteiger partial charge in [-0.25, -0.2) is 0 Å². The zero-order valence-electron chi connectivity index (χ0n) is 24.4. The molecular formula is C42H27NOS. The van der Waals surface area contributed by atoms with E-state index in [9.17, 15) is 0 Å². The molecule has 0 aliphatic carbocycles. The van der Waals surface area contributed by atoms with Crippen LogP contribution in [0, 0.1) is 0 Å². The van der Waals surface area contributed by atoms with Gasteiger partial charge in [0.2, 0.25) is 0 Å². The summed E-state index contributed by atoms with van der Waals surface area (Å²) < 4.78 is 8.94. The minimum absolute atomic E-state index is 0.882. The Morgan fingerprint density at radius 1 is 0.400 bits per heavy atom. The predicted molar refractivity (Wildman–Crippen MR) is 192 cm³/mol. The van der Waals surface area contributed by atoms with Crippen molar-refractivity contribution in [1.82, 2.24) is 0 Å². The van der Waals surface area contributed by atoms with Gasteiger partial charge in [-0.2, -0.15) is 0 Å². The number of anilines is 3. The maximum Gasteiger partial charge on any atom is 0.137 e. The molecular weight excluding hydrogens is 567 g/mol. The summed E-state index contributed by atoms with van der Waals surface area (Å²) >= 11 is 1.86. The van der Waals surface area contributed by atoms with Crippen molar-refractivity contribution < 1.29 is 4.42 Å². The van der Waals surface area contributed by atoms with Gasteiger partial charge in [0.25, 0.3) is 0 Å². The summed E-state index contributed by atoms with van der Waals surface area (Å²) in [6, 6.07) is 58.4. The second-order valence-corrected chi connectivity index (χ2v) is 12.4. The highest BCUT2D eigenvalue weighted by atomic mass is 32.1. The average molecular weight is 594 g/mol. The fourth-order valence-electron chi connectivity index (χ4n) is 6.51. The number of furan rings is 1. The number of hydrogen-bond donors (Lipinski definition) is 0. The topological polar surface area (TPSA) is 16.4 Å². The third-order valence-corrected chi connectivity index (χ3v) is 9.83. The van der Waals surface area contributed by atoms with E-state index in [0.29, 0.717) is 0 Å². The molecule has 2 nitrogen and oxygen atoms in total. The van der Waals surface area contributed by atoms with Crippen LogP contribution in [-0.2, 0) is 0 Å². The first kappa shape index (κ1) is 25.8. The van der Waals surface area contributed by atoms with Gasteiger partial charge in [-0.05, 0) is 76.9 Å². The van der Waals surface area contributed by atoms with Gasteiger partial charge >= 0.3 is 0 Å². The molecule has 9 aromatic rings. The molecule has 0 bridgehead atoms. The van der Waals surface area contributed by atoms with E-state index in [1.54, 1.807) is 0 Å². The molecule has 0 saturated heterocycles. The molecule has 0 amide bonds. The molecule has 2 aromatic heterocycles. The Labute approximate surface area is 265 Å². The monoisotopic (exact) mass is 593 g/mol. The average Bonchev–Trinajstić information content (AvgIpc) is 3.68. The van der Waals surface area contributed by atoms with Crippen LogP contribution < -0.4 is 4.90 Å². The number of thiophene rings is 1. The summed E-state index contributed by atoms with van der Waals surface area (Å²) in [6.07, 6.45) is 0. The molecule has 0 saturated carbocycles. The van der Waals surface area contributed by atoms with Crippen molar-refractivity contribution in [1.29, 1.82) is 0 Å². The SMILES string of the molecule is c1ccc(-c2ccc(N(c3ccc(-c4ccc5c(c4)sc4ccccc45)cc3)c3cccc4oc5ccccc5c34)cc2)cc1. The number of hydrogen-bond acceptors (Lipinski definition) is 3. The Kier molecular flexibility index (Phi) is 6.03. The lowest BCUT2D eigenvalue weighted by atomic mass is 10.0. The molecule has 0 unspecified atom stereocenters. The molecule has 0 N–H and O–H groups in total. The maximum absolute atomic E-state index is 6.30. The molecule has 7 aromatic carbocycles. The van der Waals surface area contributed by atoms with Crippen molar-refractivity contribution in [2.75, 3.05) is 4.90 Å². The van der Waals surface area contributed by atoms with Gasteiger partial charge in [0, 0.05) is 36.9 Å². The second-order valence-electron chi connectivity index (χ2n) is 11.4. The normalized spacial score (nSPS) is 11.6. The zero-order chi connectivity index (χ0) is 29.7. The second kappa shape index (κ2) is 10.5. The molecule has 2 heterocycles. The summed E-state index contributed by atoms with van der Waals surface area (Å²) in [5, 5.41) is 4.87. The Morgan fingerprint density at radius 2 is 0.978 bits per heavy atom. The van der Waals surface area contributed by atoms with Crippen LogP contribution in [0.1, 0.15) is 0 Å². The van der Waals surface area contributed by atoms with Gasteiger partial charge in [-0.1, -0.05) is 109 Å². The third kappa shape index (κ3) is 4.40. The minimum atomic E-state index is 0.882. The lowest BCUT2D eigenvalue weighted by Gasteiger charge is -2.26. The molecule has 9 rings (SSSR count). The Balaban J connectivity index is 1.17. The molecule has 0 aliphatic heterocycles. The zero-order valence-corrected chi connectivity index (χ0v) is 25.2. The summed E-state index contributed by atoms with van der Waals surface area (Å²) in [6.45, 7) is 0. The van der Waals surface area contributed by atoms with Crippen LogP contribution in [0.3, 0.4) is 0 Å². The van der Waals surface area contributed by atoms with Crippen LogP contribution in [0.4, 0.5) is 17.1 Å². The van der Waals surface area contributed by atoms with Crippen LogP contribution in [0.2, 0.25) is 0 Å². The van der Waals surface area contributed by atoms with E-state index in [0.717, 1.165) is 39.0 Å². The summed E-state index contributed by atoms with van der Waals surface area (Å²) in [4.78, 5) is 2.35. The molecule has 0 atom stereocenters. The number of para-hydroxylation sites is 1. The first-order valence-corrected chi connectivity index (χ1v) is 16.0. The lowest BCUT2D eigenvalue weighted by Crippen LogP contribution is -2.10. The highest BCUT2D eigenvalue weighted by Crippen LogP contribution is 2.44. The van der Waals surface area contributed by atoms with E-state index >= 15 is 0 Å². The highest BCUT2D eigenvalue weighted by Gasteiger charge is 2.19. The van der Waals surface area contributed by atoms with Gasteiger partial charge in [0.1, 0.15) is 11.2 Å². The third-order valence-electron chi connectivity index (χ3n) is 8.69. The summed E-state index contributed by atoms with van der Waals surface area (Å²) in [5.41, 5.74) is 9.87. The van der Waals surface area contributed by atoms with Crippen molar-refractivity contribution in [3.05, 3.63) is 164 Å². The fraction of sp³-hybridized carbons (Fsp3) is 0. The van der Waals surface area contributed by atoms with Crippen LogP contribution in [0.5, 0.6) is 0 Å². The first-order valence-electron chi connectivity index (χ1n) is 15.2. The van der Waals surface area contributed by atoms with Crippen LogP contribution in [0.15, 0.2) is 168 Å². The largest absolute Gasteiger partial charge is 0.456 e. The number of benzene rings is 7. The number of nitrogens with zero attached hydrogens (tertiary/aromatic N) is 1. The summed E-state index contributed by atoms with van der Waals surface area (Å²) in [7, 11) is 0. The number of fused-ring (bicyclic) bond motifs is 6. The maximum atomic E-state index is 6.30. The first-order chi connectivity index (χ1) is 22.3. The molecule has 0 radical (unpaired) electrons. The minimum Gasteiger partial charge on any atom is -0.456 e. The Bertz CT molecular complexity index is 2470. The number of rotatable bonds is 5. The smallest absolute Gasteiger partial charge is 0.137 e. The van der Waals surface area contributed by atoms with Gasteiger partial charge in [-0.15, -0.1) is 11.3 Å². The van der Waals surface area contributed by atoms with E-state index in [-0.39, 0.29) is 0 Å². The van der Waals surface area contributed by atoms with E-state index in [4.69, 9.17) is 4.42 Å². The van der Waals surface area contributed by atoms with Gasteiger partial charge < -0.3 is 9.32 Å². The quantitative estimate of drug-likeness (QED) is 0.197. The predicted octanol–water partition coefficient (Wildman–Crippen LogP) is 12.8. The molecule has 212 valence electrons. The molecule has 0 aliphatic rings. The highest BCUT2D eigenvalue weighted by molar-refractivity contribution is 7.25. The fourth-order valence-corrected chi connectivity index (χ4v) is 7.66. The van der Waals surface area contributed by atoms with Crippen LogP contribution in [-0.4, -0.2) is 0 Å². The van der Waals surface area contributed by atoms with E-state index in [1.165, 1.54) is 42.4 Å². The standard InChI is InChI=1S/C42H27NOS/c1-2-9-28(10-3-1)29-17-22-32(23-18-29)43(37-13-8-15-39-42(37)36-12-4-6-14-38(36)44-39)33-24-19-30(20-25-33)31-21-26-35-34-11-5-7-16-40(34)45-41(35)27-31/h1-27H. The summed E-state index contributed by atoms with van der Waals surface area (Å²) in [5.74, 6) is 0. The molecule has 45 heavy (non-hydrogen) atoms. The van der Waals surface area contributed by atoms with Gasteiger partial charge in [0.05, 0.1) is 11.1 Å². The lowest BCUT2D eigenvalue weighted by molar-refractivity contribution is 0.669. The molecule has 0 spiro atoms. The van der Waals surface area contributed by atoms with Gasteiger partial charge in [0.15, 0.2) is 0 Å². The van der Waals surface area contributed by atoms with Crippen LogP contribution >= 0.6 is 11.3 Å². The molecule has 0 fully saturated rings. The van der Waals surface area contributed by atoms with E-state index in [1.807, 2.05) is 23.5 Å². The van der Waals surface area contributed by atoms with Crippen molar-refractivity contribution in [2.24, 2.45) is 0 Å². The van der Waals surface area contributed by atoms with Gasteiger partial charge in [-0.3, -0.25) is 0 Å². The Hall–Kier alpha value is -5.64. The molecule has 3 heteroatoms. The van der Waals surface area contributed by atoms with Crippen molar-refractivity contribution >= 4 is 70.5 Å². The van der Waals surface area contributed by atoms with E-state index in [2.05, 4.69) is 157 Å².